The number of aryl methyl sites for hydroxylation is 1. The number of benzene rings is 1. The Hall–Kier alpha value is -1.78. The van der Waals surface area contributed by atoms with Gasteiger partial charge in [-0.3, -0.25) is 4.98 Å². The fraction of sp³-hybridized carbons (Fsp3) is 0.235. The van der Waals surface area contributed by atoms with E-state index in [0.717, 1.165) is 27.9 Å². The van der Waals surface area contributed by atoms with Gasteiger partial charge in [0.15, 0.2) is 0 Å². The molecule has 0 aliphatic rings. The zero-order valence-electron chi connectivity index (χ0n) is 12.1. The van der Waals surface area contributed by atoms with Gasteiger partial charge in [-0.2, -0.15) is 0 Å². The molecule has 2 nitrogen and oxygen atoms in total. The Morgan fingerprint density at radius 3 is 2.95 bits per heavy atom. The summed E-state index contributed by atoms with van der Waals surface area (Å²) in [5.41, 5.74) is 3.72. The highest BCUT2D eigenvalue weighted by atomic mass is 32.1. The second kappa shape index (κ2) is 5.92. The fourth-order valence-electron chi connectivity index (χ4n) is 2.52. The zero-order valence-corrected chi connectivity index (χ0v) is 12.9. The first kappa shape index (κ1) is 14.2. The summed E-state index contributed by atoms with van der Waals surface area (Å²) in [5.74, 6) is -0.183. The minimum absolute atomic E-state index is 0.172. The monoisotopic (exact) mass is 300 g/mol. The normalized spacial score (nSPS) is 12.7. The molecule has 0 bridgehead atoms. The van der Waals surface area contributed by atoms with Crippen molar-refractivity contribution in [2.45, 2.75) is 19.9 Å². The molecule has 0 spiro atoms. The van der Waals surface area contributed by atoms with Gasteiger partial charge >= 0.3 is 0 Å². The van der Waals surface area contributed by atoms with Crippen molar-refractivity contribution in [3.8, 4) is 0 Å². The molecule has 0 fully saturated rings. The molecule has 1 unspecified atom stereocenters. The molecule has 2 heterocycles. The van der Waals surface area contributed by atoms with Crippen LogP contribution in [-0.2, 0) is 0 Å². The Balaban J connectivity index is 2.09. The van der Waals surface area contributed by atoms with E-state index >= 15 is 0 Å². The van der Waals surface area contributed by atoms with Gasteiger partial charge in [0, 0.05) is 11.8 Å². The molecule has 0 aliphatic carbocycles. The predicted octanol–water partition coefficient (Wildman–Crippen LogP) is 4.44. The maximum Gasteiger partial charge on any atom is 0.128 e. The fourth-order valence-corrected chi connectivity index (χ4v) is 3.30. The van der Waals surface area contributed by atoms with E-state index < -0.39 is 0 Å². The van der Waals surface area contributed by atoms with Gasteiger partial charge in [-0.25, -0.2) is 4.39 Å². The van der Waals surface area contributed by atoms with Crippen LogP contribution in [0.2, 0.25) is 0 Å². The third kappa shape index (κ3) is 2.82. The molecule has 3 aromatic rings. The summed E-state index contributed by atoms with van der Waals surface area (Å²) in [6, 6.07) is 9.16. The average molecular weight is 300 g/mol. The lowest BCUT2D eigenvalue weighted by molar-refractivity contribution is 0.558. The lowest BCUT2D eigenvalue weighted by Gasteiger charge is -2.20. The summed E-state index contributed by atoms with van der Waals surface area (Å²) < 4.78 is 15.4. The van der Waals surface area contributed by atoms with Crippen molar-refractivity contribution in [3.63, 3.8) is 0 Å². The highest BCUT2D eigenvalue weighted by Crippen LogP contribution is 2.28. The quantitative estimate of drug-likeness (QED) is 0.770. The molecule has 1 N–H and O–H groups in total. The van der Waals surface area contributed by atoms with Gasteiger partial charge in [0.05, 0.1) is 16.3 Å². The second-order valence-corrected chi connectivity index (χ2v) is 6.04. The largest absolute Gasteiger partial charge is 0.306 e. The Kier molecular flexibility index (Phi) is 3.99. The van der Waals surface area contributed by atoms with Gasteiger partial charge in [-0.15, -0.1) is 11.3 Å². The average Bonchev–Trinajstić information content (AvgIpc) is 2.95. The summed E-state index contributed by atoms with van der Waals surface area (Å²) in [7, 11) is 0. The van der Waals surface area contributed by atoms with E-state index in [-0.39, 0.29) is 11.9 Å². The predicted molar refractivity (Wildman–Crippen MR) is 86.3 cm³/mol. The molecule has 21 heavy (non-hydrogen) atoms. The van der Waals surface area contributed by atoms with Crippen LogP contribution in [0.4, 0.5) is 4.39 Å². The summed E-state index contributed by atoms with van der Waals surface area (Å²) in [6.45, 7) is 4.77. The van der Waals surface area contributed by atoms with Crippen LogP contribution >= 0.6 is 11.3 Å². The molecule has 2 aromatic heterocycles. The van der Waals surface area contributed by atoms with Crippen LogP contribution in [0.5, 0.6) is 0 Å². The number of fused-ring (bicyclic) bond motifs is 1. The maximum absolute atomic E-state index is 14.2. The number of pyridine rings is 1. The van der Waals surface area contributed by atoms with Crippen LogP contribution in [-0.4, -0.2) is 11.5 Å². The molecule has 4 heteroatoms. The number of hydrogen-bond donors (Lipinski definition) is 1. The van der Waals surface area contributed by atoms with E-state index in [2.05, 4.69) is 16.4 Å². The van der Waals surface area contributed by atoms with E-state index in [1.54, 1.807) is 17.4 Å². The summed E-state index contributed by atoms with van der Waals surface area (Å²) in [4.78, 5) is 4.47. The van der Waals surface area contributed by atoms with Crippen LogP contribution in [0.1, 0.15) is 29.7 Å². The van der Waals surface area contributed by atoms with E-state index in [1.807, 2.05) is 37.6 Å². The third-order valence-corrected chi connectivity index (χ3v) is 4.38. The number of aromatic nitrogens is 1. The molecule has 0 aliphatic heterocycles. The maximum atomic E-state index is 14.2. The smallest absolute Gasteiger partial charge is 0.128 e. The summed E-state index contributed by atoms with van der Waals surface area (Å²) in [5, 5.41) is 5.39. The number of rotatable bonds is 4. The molecule has 1 atom stereocenters. The number of hydrogen-bond acceptors (Lipinski definition) is 3. The lowest BCUT2D eigenvalue weighted by atomic mass is 9.98. The van der Waals surface area contributed by atoms with Gasteiger partial charge in [-0.05, 0) is 42.6 Å². The van der Waals surface area contributed by atoms with Crippen molar-refractivity contribution in [1.82, 2.24) is 10.3 Å². The molecule has 0 saturated heterocycles. The van der Waals surface area contributed by atoms with Crippen LogP contribution in [0, 0.1) is 12.7 Å². The number of nitrogens with one attached hydrogen (secondary N) is 1. The van der Waals surface area contributed by atoms with E-state index in [4.69, 9.17) is 0 Å². The van der Waals surface area contributed by atoms with Crippen molar-refractivity contribution in [1.29, 1.82) is 0 Å². The number of thiophene rings is 1. The highest BCUT2D eigenvalue weighted by Gasteiger charge is 2.18. The first-order valence-electron chi connectivity index (χ1n) is 7.01. The minimum atomic E-state index is -0.183. The Labute approximate surface area is 127 Å². The van der Waals surface area contributed by atoms with Crippen LogP contribution in [0.25, 0.3) is 10.2 Å². The summed E-state index contributed by atoms with van der Waals surface area (Å²) >= 11 is 1.66. The number of nitrogens with zero attached hydrogens (tertiary/aromatic N) is 1. The zero-order chi connectivity index (χ0) is 14.8. The Morgan fingerprint density at radius 2 is 2.14 bits per heavy atom. The molecule has 1 aromatic carbocycles. The first-order valence-corrected chi connectivity index (χ1v) is 7.89. The molecular formula is C17H17FN2S. The molecule has 0 amide bonds. The van der Waals surface area contributed by atoms with Crippen molar-refractivity contribution >= 4 is 21.6 Å². The molecule has 3 rings (SSSR count). The minimum Gasteiger partial charge on any atom is -0.306 e. The van der Waals surface area contributed by atoms with Crippen molar-refractivity contribution < 1.29 is 4.39 Å². The van der Waals surface area contributed by atoms with Crippen LogP contribution < -0.4 is 5.32 Å². The topological polar surface area (TPSA) is 24.9 Å². The van der Waals surface area contributed by atoms with Crippen molar-refractivity contribution in [2.75, 3.05) is 6.54 Å². The van der Waals surface area contributed by atoms with Gasteiger partial charge < -0.3 is 5.32 Å². The summed E-state index contributed by atoms with van der Waals surface area (Å²) in [6.07, 6.45) is 1.84. The highest BCUT2D eigenvalue weighted by molar-refractivity contribution is 7.17. The van der Waals surface area contributed by atoms with Gasteiger partial charge in [0.2, 0.25) is 0 Å². The molecule has 108 valence electrons. The standard InChI is InChI=1S/C17H17FN2S/c1-3-19-17(13-8-11(2)4-5-14(13)18)12-9-16-15(20-10-12)6-7-21-16/h4-10,17,19H,3H2,1-2H3. The van der Waals surface area contributed by atoms with Gasteiger partial charge in [0.1, 0.15) is 5.82 Å². The molecular weight excluding hydrogens is 283 g/mol. The van der Waals surface area contributed by atoms with Crippen LogP contribution in [0.3, 0.4) is 0 Å². The Bertz CT molecular complexity index is 766. The second-order valence-electron chi connectivity index (χ2n) is 5.09. The molecule has 0 radical (unpaired) electrons. The van der Waals surface area contributed by atoms with Gasteiger partial charge in [-0.1, -0.05) is 24.6 Å². The van der Waals surface area contributed by atoms with Gasteiger partial charge in [0.25, 0.3) is 0 Å². The SMILES string of the molecule is CCNC(c1cnc2ccsc2c1)c1cc(C)ccc1F. The van der Waals surface area contributed by atoms with Crippen LogP contribution in [0.15, 0.2) is 41.9 Å². The first-order chi connectivity index (χ1) is 10.2. The third-order valence-electron chi connectivity index (χ3n) is 3.53. The number of halogens is 1. The van der Waals surface area contributed by atoms with Crippen molar-refractivity contribution in [3.05, 3.63) is 64.4 Å². The lowest BCUT2D eigenvalue weighted by Crippen LogP contribution is -2.23. The Morgan fingerprint density at radius 1 is 1.29 bits per heavy atom. The molecule has 0 saturated carbocycles. The van der Waals surface area contributed by atoms with E-state index in [1.165, 1.54) is 6.07 Å². The van der Waals surface area contributed by atoms with E-state index in [0.29, 0.717) is 5.56 Å². The van der Waals surface area contributed by atoms with Crippen molar-refractivity contribution in [2.24, 2.45) is 0 Å². The van der Waals surface area contributed by atoms with E-state index in [9.17, 15) is 4.39 Å².